The minimum absolute atomic E-state index is 0.0705. The van der Waals surface area contributed by atoms with Crippen molar-refractivity contribution >= 4 is 27.5 Å². The van der Waals surface area contributed by atoms with Crippen LogP contribution in [0.1, 0.15) is 5.56 Å². The molecule has 2 rings (SSSR count). The minimum atomic E-state index is -3.77. The van der Waals surface area contributed by atoms with Crippen LogP contribution in [-0.2, 0) is 21.4 Å². The second-order valence-corrected chi connectivity index (χ2v) is 7.64. The summed E-state index contributed by atoms with van der Waals surface area (Å²) in [5.41, 5.74) is 0.696. The SMILES string of the molecule is COc1ncccc1CNC(=O)CN(C)S(=O)(=O)c1ccc(Cl)cc1. The molecule has 0 spiro atoms. The van der Waals surface area contributed by atoms with Crippen LogP contribution in [0.25, 0.3) is 0 Å². The number of hydrogen-bond acceptors (Lipinski definition) is 5. The molecule has 0 saturated heterocycles. The predicted octanol–water partition coefficient (Wildman–Crippen LogP) is 1.68. The first kappa shape index (κ1) is 19.2. The Labute approximate surface area is 151 Å². The number of ether oxygens (including phenoxy) is 1. The molecule has 0 aliphatic carbocycles. The quantitative estimate of drug-likeness (QED) is 0.785. The molecule has 25 heavy (non-hydrogen) atoms. The van der Waals surface area contributed by atoms with E-state index < -0.39 is 15.9 Å². The van der Waals surface area contributed by atoms with Crippen LogP contribution in [0.3, 0.4) is 0 Å². The van der Waals surface area contributed by atoms with E-state index >= 15 is 0 Å². The maximum atomic E-state index is 12.4. The van der Waals surface area contributed by atoms with Crippen LogP contribution in [0, 0.1) is 0 Å². The zero-order valence-corrected chi connectivity index (χ0v) is 15.3. The maximum absolute atomic E-state index is 12.4. The molecule has 7 nitrogen and oxygen atoms in total. The Morgan fingerprint density at radius 3 is 2.60 bits per heavy atom. The van der Waals surface area contributed by atoms with E-state index in [4.69, 9.17) is 16.3 Å². The third-order valence-electron chi connectivity index (χ3n) is 3.41. The third-order valence-corrected chi connectivity index (χ3v) is 5.48. The van der Waals surface area contributed by atoms with Gasteiger partial charge in [0.2, 0.25) is 21.8 Å². The van der Waals surface area contributed by atoms with Gasteiger partial charge in [0.15, 0.2) is 0 Å². The smallest absolute Gasteiger partial charge is 0.243 e. The molecule has 0 fully saturated rings. The van der Waals surface area contributed by atoms with E-state index in [2.05, 4.69) is 10.3 Å². The first-order valence-electron chi connectivity index (χ1n) is 7.31. The minimum Gasteiger partial charge on any atom is -0.481 e. The Bertz CT molecular complexity index is 841. The monoisotopic (exact) mass is 383 g/mol. The lowest BCUT2D eigenvalue weighted by molar-refractivity contribution is -0.121. The first-order valence-corrected chi connectivity index (χ1v) is 9.13. The zero-order valence-electron chi connectivity index (χ0n) is 13.8. The topological polar surface area (TPSA) is 88.6 Å². The number of halogens is 1. The van der Waals surface area contributed by atoms with E-state index in [0.29, 0.717) is 16.5 Å². The zero-order chi connectivity index (χ0) is 18.4. The lowest BCUT2D eigenvalue weighted by Crippen LogP contribution is -2.38. The Morgan fingerprint density at radius 2 is 1.96 bits per heavy atom. The lowest BCUT2D eigenvalue weighted by Gasteiger charge is -2.17. The van der Waals surface area contributed by atoms with E-state index in [1.165, 1.54) is 38.4 Å². The molecule has 1 aromatic heterocycles. The molecule has 0 aliphatic rings. The van der Waals surface area contributed by atoms with Crippen molar-refractivity contribution in [3.05, 3.63) is 53.2 Å². The Hall–Kier alpha value is -2.16. The van der Waals surface area contributed by atoms with Crippen LogP contribution in [0.4, 0.5) is 0 Å². The van der Waals surface area contributed by atoms with E-state index in [9.17, 15) is 13.2 Å². The molecule has 0 unspecified atom stereocenters. The number of methoxy groups -OCH3 is 1. The second kappa shape index (κ2) is 8.28. The van der Waals surface area contributed by atoms with Crippen LogP contribution in [0.15, 0.2) is 47.5 Å². The third kappa shape index (κ3) is 4.91. The molecule has 1 heterocycles. The summed E-state index contributed by atoms with van der Waals surface area (Å²) < 4.78 is 30.9. The van der Waals surface area contributed by atoms with Crippen molar-refractivity contribution in [1.82, 2.24) is 14.6 Å². The van der Waals surface area contributed by atoms with Crippen LogP contribution in [0.5, 0.6) is 5.88 Å². The van der Waals surface area contributed by atoms with Gasteiger partial charge in [-0.3, -0.25) is 4.79 Å². The van der Waals surface area contributed by atoms with Crippen molar-refractivity contribution < 1.29 is 17.9 Å². The van der Waals surface area contributed by atoms with Gasteiger partial charge in [0, 0.05) is 30.4 Å². The van der Waals surface area contributed by atoms with Gasteiger partial charge in [-0.2, -0.15) is 4.31 Å². The molecule has 134 valence electrons. The highest BCUT2D eigenvalue weighted by molar-refractivity contribution is 7.89. The van der Waals surface area contributed by atoms with Gasteiger partial charge >= 0.3 is 0 Å². The van der Waals surface area contributed by atoms with Crippen molar-refractivity contribution in [2.24, 2.45) is 0 Å². The molecule has 1 N–H and O–H groups in total. The fourth-order valence-corrected chi connectivity index (χ4v) is 3.32. The normalized spacial score (nSPS) is 11.4. The van der Waals surface area contributed by atoms with Gasteiger partial charge in [0.05, 0.1) is 18.6 Å². The Morgan fingerprint density at radius 1 is 1.28 bits per heavy atom. The number of amides is 1. The van der Waals surface area contributed by atoms with Gasteiger partial charge in [0.1, 0.15) is 0 Å². The van der Waals surface area contributed by atoms with E-state index in [-0.39, 0.29) is 18.0 Å². The standard InChI is InChI=1S/C16H18ClN3O4S/c1-20(25(22,23)14-7-5-13(17)6-8-14)11-15(21)19-10-12-4-3-9-18-16(12)24-2/h3-9H,10-11H2,1-2H3,(H,19,21). The van der Waals surface area contributed by atoms with Gasteiger partial charge in [-0.25, -0.2) is 13.4 Å². The van der Waals surface area contributed by atoms with Gasteiger partial charge in [-0.1, -0.05) is 17.7 Å². The molecular weight excluding hydrogens is 366 g/mol. The number of likely N-dealkylation sites (N-methyl/N-ethyl adjacent to an activating group) is 1. The molecule has 9 heteroatoms. The van der Waals surface area contributed by atoms with E-state index in [1.807, 2.05) is 0 Å². The van der Waals surface area contributed by atoms with Crippen molar-refractivity contribution in [2.45, 2.75) is 11.4 Å². The molecule has 0 aliphatic heterocycles. The highest BCUT2D eigenvalue weighted by Crippen LogP contribution is 2.17. The number of sulfonamides is 1. The second-order valence-electron chi connectivity index (χ2n) is 5.16. The Kier molecular flexibility index (Phi) is 6.35. The number of nitrogens with one attached hydrogen (secondary N) is 1. The highest BCUT2D eigenvalue weighted by atomic mass is 35.5. The molecular formula is C16H18ClN3O4S. The number of carbonyl (C=O) groups excluding carboxylic acids is 1. The molecule has 0 bridgehead atoms. The summed E-state index contributed by atoms with van der Waals surface area (Å²) >= 11 is 5.76. The van der Waals surface area contributed by atoms with Crippen molar-refractivity contribution in [2.75, 3.05) is 20.7 Å². The maximum Gasteiger partial charge on any atom is 0.243 e. The van der Waals surface area contributed by atoms with Crippen molar-refractivity contribution in [1.29, 1.82) is 0 Å². The molecule has 0 saturated carbocycles. The average Bonchev–Trinajstić information content (AvgIpc) is 2.60. The summed E-state index contributed by atoms with van der Waals surface area (Å²) in [7, 11) is -0.942. The van der Waals surface area contributed by atoms with Gasteiger partial charge in [-0.15, -0.1) is 0 Å². The first-order chi connectivity index (χ1) is 11.8. The summed E-state index contributed by atoms with van der Waals surface area (Å²) in [4.78, 5) is 16.2. The molecule has 0 atom stereocenters. The van der Waals surface area contributed by atoms with Crippen molar-refractivity contribution in [3.8, 4) is 5.88 Å². The summed E-state index contributed by atoms with van der Waals surface area (Å²) in [5.74, 6) is -0.0316. The highest BCUT2D eigenvalue weighted by Gasteiger charge is 2.22. The summed E-state index contributed by atoms with van der Waals surface area (Å²) in [5, 5.41) is 3.09. The number of benzene rings is 1. The number of nitrogens with zero attached hydrogens (tertiary/aromatic N) is 2. The van der Waals surface area contributed by atoms with Crippen LogP contribution in [0.2, 0.25) is 5.02 Å². The largest absolute Gasteiger partial charge is 0.481 e. The number of rotatable bonds is 7. The van der Waals surface area contributed by atoms with Gasteiger partial charge in [0.25, 0.3) is 0 Å². The van der Waals surface area contributed by atoms with Gasteiger partial charge in [-0.05, 0) is 30.3 Å². The number of pyridine rings is 1. The average molecular weight is 384 g/mol. The summed E-state index contributed by atoms with van der Waals surface area (Å²) in [6, 6.07) is 9.24. The van der Waals surface area contributed by atoms with E-state index in [0.717, 1.165) is 4.31 Å². The van der Waals surface area contributed by atoms with E-state index in [1.54, 1.807) is 18.3 Å². The number of hydrogen-bond donors (Lipinski definition) is 1. The Balaban J connectivity index is 1.98. The molecule has 2 aromatic rings. The van der Waals surface area contributed by atoms with Gasteiger partial charge < -0.3 is 10.1 Å². The van der Waals surface area contributed by atoms with Crippen LogP contribution >= 0.6 is 11.6 Å². The summed E-state index contributed by atoms with van der Waals surface area (Å²) in [6.45, 7) is -0.127. The number of carbonyl (C=O) groups is 1. The molecule has 0 radical (unpaired) electrons. The fraction of sp³-hybridized carbons (Fsp3) is 0.250. The van der Waals surface area contributed by atoms with Crippen LogP contribution < -0.4 is 10.1 Å². The molecule has 1 aromatic carbocycles. The fourth-order valence-electron chi connectivity index (χ4n) is 2.07. The van der Waals surface area contributed by atoms with Crippen molar-refractivity contribution in [3.63, 3.8) is 0 Å². The molecule has 1 amide bonds. The number of aromatic nitrogens is 1. The van der Waals surface area contributed by atoms with Crippen LogP contribution in [-0.4, -0.2) is 44.3 Å². The summed E-state index contributed by atoms with van der Waals surface area (Å²) in [6.07, 6.45) is 1.58. The lowest BCUT2D eigenvalue weighted by atomic mass is 10.2. The predicted molar refractivity (Wildman–Crippen MR) is 93.9 cm³/mol.